The molecule has 0 aliphatic heterocycles. The second kappa shape index (κ2) is 6.88. The van der Waals surface area contributed by atoms with Crippen LogP contribution in [0.4, 0.5) is 19.4 Å². The van der Waals surface area contributed by atoms with E-state index in [9.17, 15) is 13.6 Å². The first-order valence-electron chi connectivity index (χ1n) is 6.43. The standard InChI is InChI=1S/C14H15F2N3O3/c1-9-7-12(18-22-9)17-14(20)19(2)8-10-3-5-11(6-4-10)21-13(15)16/h3-7,13H,8H2,1-2H3,(H,17,18,20). The fourth-order valence-electron chi connectivity index (χ4n) is 1.75. The Kier molecular flexibility index (Phi) is 4.92. The van der Waals surface area contributed by atoms with Crippen LogP contribution in [0.2, 0.25) is 0 Å². The summed E-state index contributed by atoms with van der Waals surface area (Å²) in [6.45, 7) is -0.835. The number of hydrogen-bond donors (Lipinski definition) is 1. The molecule has 22 heavy (non-hydrogen) atoms. The van der Waals surface area contributed by atoms with Crippen LogP contribution in [0.3, 0.4) is 0 Å². The Morgan fingerprint density at radius 3 is 2.64 bits per heavy atom. The molecule has 0 saturated heterocycles. The van der Waals surface area contributed by atoms with E-state index in [4.69, 9.17) is 4.52 Å². The highest BCUT2D eigenvalue weighted by atomic mass is 19.3. The maximum atomic E-state index is 12.0. The lowest BCUT2D eigenvalue weighted by Gasteiger charge is -2.17. The number of carbonyl (C=O) groups excluding carboxylic acids is 1. The molecule has 1 N–H and O–H groups in total. The van der Waals surface area contributed by atoms with Crippen molar-refractivity contribution >= 4 is 11.8 Å². The highest BCUT2D eigenvalue weighted by Gasteiger charge is 2.12. The molecule has 0 atom stereocenters. The third kappa shape index (κ3) is 4.44. The summed E-state index contributed by atoms with van der Waals surface area (Å²) in [6, 6.07) is 7.31. The lowest BCUT2D eigenvalue weighted by Crippen LogP contribution is -2.30. The number of nitrogens with zero attached hydrogens (tertiary/aromatic N) is 2. The number of amides is 2. The number of rotatable bonds is 5. The molecule has 2 aromatic rings. The summed E-state index contributed by atoms with van der Waals surface area (Å²) < 4.78 is 33.2. The Hall–Kier alpha value is -2.64. The van der Waals surface area contributed by atoms with Gasteiger partial charge < -0.3 is 14.2 Å². The van der Waals surface area contributed by atoms with Gasteiger partial charge in [0, 0.05) is 19.7 Å². The van der Waals surface area contributed by atoms with Crippen LogP contribution in [0.15, 0.2) is 34.9 Å². The number of ether oxygens (including phenoxy) is 1. The predicted molar refractivity (Wildman–Crippen MR) is 74.8 cm³/mol. The molecule has 2 amide bonds. The van der Waals surface area contributed by atoms with Gasteiger partial charge in [-0.25, -0.2) is 4.79 Å². The summed E-state index contributed by atoms with van der Waals surface area (Å²) in [5.41, 5.74) is 0.774. The van der Waals surface area contributed by atoms with E-state index in [2.05, 4.69) is 15.2 Å². The van der Waals surface area contributed by atoms with Gasteiger partial charge in [0.15, 0.2) is 5.82 Å². The van der Waals surface area contributed by atoms with Gasteiger partial charge in [-0.05, 0) is 24.6 Å². The summed E-state index contributed by atoms with van der Waals surface area (Å²) in [5.74, 6) is 0.992. The fourth-order valence-corrected chi connectivity index (χ4v) is 1.75. The molecule has 0 radical (unpaired) electrons. The van der Waals surface area contributed by atoms with E-state index in [0.29, 0.717) is 18.1 Å². The zero-order chi connectivity index (χ0) is 16.1. The van der Waals surface area contributed by atoms with Crippen LogP contribution in [0.25, 0.3) is 0 Å². The number of hydrogen-bond acceptors (Lipinski definition) is 4. The number of nitrogens with one attached hydrogen (secondary N) is 1. The highest BCUT2D eigenvalue weighted by molar-refractivity contribution is 5.88. The minimum absolute atomic E-state index is 0.0731. The number of benzene rings is 1. The Bertz CT molecular complexity index is 629. The summed E-state index contributed by atoms with van der Waals surface area (Å²) in [5, 5.41) is 6.24. The van der Waals surface area contributed by atoms with Crippen molar-refractivity contribution in [3.05, 3.63) is 41.7 Å². The van der Waals surface area contributed by atoms with Crippen LogP contribution >= 0.6 is 0 Å². The van der Waals surface area contributed by atoms with Crippen molar-refractivity contribution in [3.63, 3.8) is 0 Å². The molecule has 6 nitrogen and oxygen atoms in total. The van der Waals surface area contributed by atoms with E-state index in [1.54, 1.807) is 32.2 Å². The molecule has 0 aliphatic rings. The predicted octanol–water partition coefficient (Wildman–Crippen LogP) is 3.25. The van der Waals surface area contributed by atoms with E-state index in [1.807, 2.05) is 0 Å². The first kappa shape index (κ1) is 15.7. The van der Waals surface area contributed by atoms with E-state index in [1.165, 1.54) is 17.0 Å². The number of alkyl halides is 2. The van der Waals surface area contributed by atoms with Crippen molar-refractivity contribution in [1.82, 2.24) is 10.1 Å². The molecule has 118 valence electrons. The van der Waals surface area contributed by atoms with Gasteiger partial charge in [0.25, 0.3) is 0 Å². The number of halogens is 2. The third-order valence-corrected chi connectivity index (χ3v) is 2.78. The molecule has 0 spiro atoms. The van der Waals surface area contributed by atoms with Crippen molar-refractivity contribution in [2.24, 2.45) is 0 Å². The van der Waals surface area contributed by atoms with Gasteiger partial charge in [-0.1, -0.05) is 17.3 Å². The normalized spacial score (nSPS) is 10.6. The zero-order valence-electron chi connectivity index (χ0n) is 12.0. The summed E-state index contributed by atoms with van der Waals surface area (Å²) in [7, 11) is 1.60. The maximum absolute atomic E-state index is 12.0. The van der Waals surface area contributed by atoms with Gasteiger partial charge in [0.05, 0.1) is 0 Å². The fraction of sp³-hybridized carbons (Fsp3) is 0.286. The van der Waals surface area contributed by atoms with Gasteiger partial charge in [-0.15, -0.1) is 0 Å². The number of anilines is 1. The SMILES string of the molecule is Cc1cc(NC(=O)N(C)Cc2ccc(OC(F)F)cc2)no1. The first-order valence-corrected chi connectivity index (χ1v) is 6.43. The van der Waals surface area contributed by atoms with Crippen molar-refractivity contribution in [2.75, 3.05) is 12.4 Å². The van der Waals surface area contributed by atoms with Gasteiger partial charge in [-0.2, -0.15) is 8.78 Å². The molecule has 0 saturated carbocycles. The van der Waals surface area contributed by atoms with Crippen molar-refractivity contribution < 1.29 is 22.8 Å². The molecular weight excluding hydrogens is 296 g/mol. The van der Waals surface area contributed by atoms with Crippen molar-refractivity contribution in [1.29, 1.82) is 0 Å². The Morgan fingerprint density at radius 2 is 2.09 bits per heavy atom. The largest absolute Gasteiger partial charge is 0.435 e. The molecular formula is C14H15F2N3O3. The van der Waals surface area contributed by atoms with Crippen molar-refractivity contribution in [3.8, 4) is 5.75 Å². The maximum Gasteiger partial charge on any atom is 0.387 e. The van der Waals surface area contributed by atoms with Crippen LogP contribution in [-0.4, -0.2) is 29.7 Å². The monoisotopic (exact) mass is 311 g/mol. The van der Waals surface area contributed by atoms with E-state index < -0.39 is 6.61 Å². The molecule has 1 aromatic carbocycles. The second-order valence-corrected chi connectivity index (χ2v) is 4.63. The Balaban J connectivity index is 1.90. The van der Waals surface area contributed by atoms with Gasteiger partial charge in [-0.3, -0.25) is 5.32 Å². The zero-order valence-corrected chi connectivity index (χ0v) is 12.0. The second-order valence-electron chi connectivity index (χ2n) is 4.63. The topological polar surface area (TPSA) is 67.6 Å². The average Bonchev–Trinajstić information content (AvgIpc) is 2.85. The Morgan fingerprint density at radius 1 is 1.41 bits per heavy atom. The van der Waals surface area contributed by atoms with Crippen LogP contribution in [0.5, 0.6) is 5.75 Å². The van der Waals surface area contributed by atoms with Crippen LogP contribution in [0, 0.1) is 6.92 Å². The number of aromatic nitrogens is 1. The highest BCUT2D eigenvalue weighted by Crippen LogP contribution is 2.16. The molecule has 0 unspecified atom stereocenters. The lowest BCUT2D eigenvalue weighted by molar-refractivity contribution is -0.0498. The smallest absolute Gasteiger partial charge is 0.387 e. The van der Waals surface area contributed by atoms with E-state index >= 15 is 0 Å². The number of urea groups is 1. The minimum atomic E-state index is -2.86. The molecule has 0 aliphatic carbocycles. The minimum Gasteiger partial charge on any atom is -0.435 e. The number of carbonyl (C=O) groups is 1. The molecule has 2 rings (SSSR count). The molecule has 1 heterocycles. The third-order valence-electron chi connectivity index (χ3n) is 2.78. The quantitative estimate of drug-likeness (QED) is 0.920. The molecule has 1 aromatic heterocycles. The van der Waals surface area contributed by atoms with Gasteiger partial charge in [0.2, 0.25) is 0 Å². The lowest BCUT2D eigenvalue weighted by atomic mass is 10.2. The first-order chi connectivity index (χ1) is 10.4. The van der Waals surface area contributed by atoms with E-state index in [-0.39, 0.29) is 11.8 Å². The van der Waals surface area contributed by atoms with Crippen LogP contribution < -0.4 is 10.1 Å². The van der Waals surface area contributed by atoms with Gasteiger partial charge in [0.1, 0.15) is 11.5 Å². The number of aryl methyl sites for hydroxylation is 1. The Labute approximate surface area is 125 Å². The van der Waals surface area contributed by atoms with Crippen LogP contribution in [0.1, 0.15) is 11.3 Å². The van der Waals surface area contributed by atoms with Crippen LogP contribution in [-0.2, 0) is 6.54 Å². The summed E-state index contributed by atoms with van der Waals surface area (Å²) in [4.78, 5) is 13.4. The van der Waals surface area contributed by atoms with Crippen molar-refractivity contribution in [2.45, 2.75) is 20.1 Å². The van der Waals surface area contributed by atoms with E-state index in [0.717, 1.165) is 5.56 Å². The molecule has 0 fully saturated rings. The summed E-state index contributed by atoms with van der Waals surface area (Å²) >= 11 is 0. The molecule has 8 heteroatoms. The summed E-state index contributed by atoms with van der Waals surface area (Å²) in [6.07, 6.45) is 0. The molecule has 0 bridgehead atoms. The van der Waals surface area contributed by atoms with Gasteiger partial charge >= 0.3 is 12.6 Å². The average molecular weight is 311 g/mol.